The van der Waals surface area contributed by atoms with Gasteiger partial charge in [0.15, 0.2) is 6.61 Å². The highest BCUT2D eigenvalue weighted by Crippen LogP contribution is 2.25. The van der Waals surface area contributed by atoms with Crippen LogP contribution in [0.15, 0.2) is 42.5 Å². The van der Waals surface area contributed by atoms with Crippen LogP contribution in [0.4, 0.5) is 11.4 Å². The van der Waals surface area contributed by atoms with Crippen molar-refractivity contribution >= 4 is 46.4 Å². The van der Waals surface area contributed by atoms with Crippen LogP contribution in [0, 0.1) is 0 Å². The molecule has 0 saturated heterocycles. The van der Waals surface area contributed by atoms with Crippen molar-refractivity contribution in [2.75, 3.05) is 17.2 Å². The number of hydrogen-bond acceptors (Lipinski definition) is 3. The Kier molecular flexibility index (Phi) is 5.84. The van der Waals surface area contributed by atoms with Crippen molar-refractivity contribution in [1.29, 1.82) is 0 Å². The molecule has 0 aliphatic heterocycles. The number of rotatable bonds is 5. The van der Waals surface area contributed by atoms with Gasteiger partial charge in [-0.2, -0.15) is 0 Å². The van der Waals surface area contributed by atoms with E-state index in [2.05, 4.69) is 10.6 Å². The van der Waals surface area contributed by atoms with Crippen LogP contribution in [-0.2, 0) is 9.59 Å². The zero-order chi connectivity index (χ0) is 16.8. The number of carbonyl (C=O) groups excluding carboxylic acids is 2. The van der Waals surface area contributed by atoms with Crippen molar-refractivity contribution in [2.45, 2.75) is 6.92 Å². The minimum absolute atomic E-state index is 0.153. The Morgan fingerprint density at radius 2 is 1.61 bits per heavy atom. The van der Waals surface area contributed by atoms with Gasteiger partial charge in [-0.15, -0.1) is 0 Å². The van der Waals surface area contributed by atoms with E-state index in [0.717, 1.165) is 0 Å². The minimum atomic E-state index is -0.325. The molecule has 2 rings (SSSR count). The summed E-state index contributed by atoms with van der Waals surface area (Å²) in [7, 11) is 0. The van der Waals surface area contributed by atoms with Crippen LogP contribution in [0.2, 0.25) is 10.0 Å². The summed E-state index contributed by atoms with van der Waals surface area (Å²) in [5.74, 6) is 0.0392. The Morgan fingerprint density at radius 1 is 0.957 bits per heavy atom. The predicted octanol–water partition coefficient (Wildman–Crippen LogP) is 3.97. The summed E-state index contributed by atoms with van der Waals surface area (Å²) >= 11 is 11.7. The Hall–Kier alpha value is -2.24. The number of amides is 2. The van der Waals surface area contributed by atoms with E-state index in [0.29, 0.717) is 27.2 Å². The third-order valence-corrected chi connectivity index (χ3v) is 3.49. The molecule has 2 aromatic rings. The molecule has 0 heterocycles. The first-order valence-electron chi connectivity index (χ1n) is 6.69. The maximum absolute atomic E-state index is 11.8. The summed E-state index contributed by atoms with van der Waals surface area (Å²) in [6.07, 6.45) is 0. The molecular formula is C16H14Cl2N2O3. The quantitative estimate of drug-likeness (QED) is 0.855. The Morgan fingerprint density at radius 3 is 2.22 bits per heavy atom. The van der Waals surface area contributed by atoms with Gasteiger partial charge in [0.25, 0.3) is 5.91 Å². The lowest BCUT2D eigenvalue weighted by Crippen LogP contribution is -2.20. The molecule has 0 aliphatic carbocycles. The standard InChI is InChI=1S/C16H14Cl2N2O3/c1-10(21)19-11-2-5-13(6-3-11)23-9-16(22)20-12-4-7-14(17)15(18)8-12/h2-8H,9H2,1H3,(H,19,21)(H,20,22). The van der Waals surface area contributed by atoms with Crippen molar-refractivity contribution < 1.29 is 14.3 Å². The molecule has 2 aromatic carbocycles. The van der Waals surface area contributed by atoms with Gasteiger partial charge in [0.05, 0.1) is 10.0 Å². The monoisotopic (exact) mass is 352 g/mol. The summed E-state index contributed by atoms with van der Waals surface area (Å²) in [6.45, 7) is 1.28. The van der Waals surface area contributed by atoms with E-state index in [-0.39, 0.29) is 18.4 Å². The first-order chi connectivity index (χ1) is 10.9. The smallest absolute Gasteiger partial charge is 0.262 e. The third kappa shape index (κ3) is 5.47. The van der Waals surface area contributed by atoms with Gasteiger partial charge in [0.2, 0.25) is 5.91 Å². The summed E-state index contributed by atoms with van der Waals surface area (Å²) in [5.41, 5.74) is 1.19. The summed E-state index contributed by atoms with van der Waals surface area (Å²) in [4.78, 5) is 22.7. The maximum Gasteiger partial charge on any atom is 0.262 e. The van der Waals surface area contributed by atoms with Crippen LogP contribution in [0.25, 0.3) is 0 Å². The lowest BCUT2D eigenvalue weighted by Gasteiger charge is -2.09. The van der Waals surface area contributed by atoms with Crippen LogP contribution >= 0.6 is 23.2 Å². The average Bonchev–Trinajstić information content (AvgIpc) is 2.50. The number of benzene rings is 2. The molecule has 0 radical (unpaired) electrons. The van der Waals surface area contributed by atoms with Crippen molar-refractivity contribution in [3.05, 3.63) is 52.5 Å². The molecule has 0 saturated carbocycles. The second-order valence-corrected chi connectivity index (χ2v) is 5.49. The van der Waals surface area contributed by atoms with Crippen molar-refractivity contribution in [3.63, 3.8) is 0 Å². The SMILES string of the molecule is CC(=O)Nc1ccc(OCC(=O)Nc2ccc(Cl)c(Cl)c2)cc1. The van der Waals surface area contributed by atoms with Gasteiger partial charge in [0.1, 0.15) is 5.75 Å². The molecule has 0 aromatic heterocycles. The second-order valence-electron chi connectivity index (χ2n) is 4.67. The number of carbonyl (C=O) groups is 2. The van der Waals surface area contributed by atoms with Crippen molar-refractivity contribution in [2.24, 2.45) is 0 Å². The molecule has 7 heteroatoms. The van der Waals surface area contributed by atoms with E-state index in [4.69, 9.17) is 27.9 Å². The summed E-state index contributed by atoms with van der Waals surface area (Å²) in [5, 5.41) is 6.07. The first kappa shape index (κ1) is 17.1. The molecule has 2 amide bonds. The van der Waals surface area contributed by atoms with E-state index >= 15 is 0 Å². The lowest BCUT2D eigenvalue weighted by atomic mass is 10.3. The Balaban J connectivity index is 1.86. The Bertz CT molecular complexity index is 718. The molecule has 23 heavy (non-hydrogen) atoms. The van der Waals surface area contributed by atoms with Crippen LogP contribution in [0.5, 0.6) is 5.75 Å². The van der Waals surface area contributed by atoms with E-state index in [9.17, 15) is 9.59 Å². The summed E-state index contributed by atoms with van der Waals surface area (Å²) in [6, 6.07) is 11.5. The van der Waals surface area contributed by atoms with Crippen LogP contribution in [-0.4, -0.2) is 18.4 Å². The fourth-order valence-corrected chi connectivity index (χ4v) is 2.06. The van der Waals surface area contributed by atoms with Crippen molar-refractivity contribution in [3.8, 4) is 5.75 Å². The summed E-state index contributed by atoms with van der Waals surface area (Å²) < 4.78 is 5.37. The zero-order valence-electron chi connectivity index (χ0n) is 12.2. The molecule has 0 fully saturated rings. The molecule has 2 N–H and O–H groups in total. The third-order valence-electron chi connectivity index (χ3n) is 2.75. The van der Waals surface area contributed by atoms with Gasteiger partial charge in [0, 0.05) is 18.3 Å². The van der Waals surface area contributed by atoms with Gasteiger partial charge >= 0.3 is 0 Å². The van der Waals surface area contributed by atoms with Gasteiger partial charge in [-0.05, 0) is 42.5 Å². The normalized spacial score (nSPS) is 10.0. The van der Waals surface area contributed by atoms with Gasteiger partial charge < -0.3 is 15.4 Å². The van der Waals surface area contributed by atoms with Crippen LogP contribution in [0.1, 0.15) is 6.92 Å². The zero-order valence-corrected chi connectivity index (χ0v) is 13.7. The minimum Gasteiger partial charge on any atom is -0.484 e. The van der Waals surface area contributed by atoms with E-state index in [1.165, 1.54) is 6.92 Å². The Labute approximate surface area is 143 Å². The van der Waals surface area contributed by atoms with Gasteiger partial charge in [-0.1, -0.05) is 23.2 Å². The van der Waals surface area contributed by atoms with Crippen LogP contribution in [0.3, 0.4) is 0 Å². The second kappa shape index (κ2) is 7.85. The largest absolute Gasteiger partial charge is 0.484 e. The molecule has 0 atom stereocenters. The van der Waals surface area contributed by atoms with E-state index in [1.54, 1.807) is 42.5 Å². The highest BCUT2D eigenvalue weighted by atomic mass is 35.5. The molecule has 0 unspecified atom stereocenters. The number of ether oxygens (including phenoxy) is 1. The molecular weight excluding hydrogens is 339 g/mol. The van der Waals surface area contributed by atoms with Gasteiger partial charge in [-0.25, -0.2) is 0 Å². The first-order valence-corrected chi connectivity index (χ1v) is 7.45. The fourth-order valence-electron chi connectivity index (χ4n) is 1.76. The number of halogens is 2. The number of hydrogen-bond donors (Lipinski definition) is 2. The van der Waals surface area contributed by atoms with Crippen molar-refractivity contribution in [1.82, 2.24) is 0 Å². The number of nitrogens with one attached hydrogen (secondary N) is 2. The number of anilines is 2. The molecule has 0 spiro atoms. The highest BCUT2D eigenvalue weighted by Gasteiger charge is 2.06. The predicted molar refractivity (Wildman–Crippen MR) is 91.3 cm³/mol. The van der Waals surface area contributed by atoms with E-state index < -0.39 is 0 Å². The highest BCUT2D eigenvalue weighted by molar-refractivity contribution is 6.42. The molecule has 0 aliphatic rings. The molecule has 120 valence electrons. The van der Waals surface area contributed by atoms with Crippen LogP contribution < -0.4 is 15.4 Å². The van der Waals surface area contributed by atoms with Gasteiger partial charge in [-0.3, -0.25) is 9.59 Å². The lowest BCUT2D eigenvalue weighted by molar-refractivity contribution is -0.118. The fraction of sp³-hybridized carbons (Fsp3) is 0.125. The average molecular weight is 353 g/mol. The topological polar surface area (TPSA) is 67.4 Å². The maximum atomic E-state index is 11.8. The molecule has 5 nitrogen and oxygen atoms in total. The van der Waals surface area contributed by atoms with E-state index in [1.807, 2.05) is 0 Å². The molecule has 0 bridgehead atoms.